The average molecular weight is 231 g/mol. The van der Waals surface area contributed by atoms with Crippen LogP contribution in [0.2, 0.25) is 0 Å². The largest absolute Gasteiger partial charge is 0.394 e. The number of aliphatic hydroxyl groups is 1. The zero-order valence-corrected chi connectivity index (χ0v) is 9.93. The summed E-state index contributed by atoms with van der Waals surface area (Å²) in [6, 6.07) is 8.19. The van der Waals surface area contributed by atoms with E-state index in [1.165, 1.54) is 5.56 Å². The third-order valence-electron chi connectivity index (χ3n) is 2.64. The maximum atomic E-state index is 8.80. The third kappa shape index (κ3) is 3.07. The van der Waals surface area contributed by atoms with Crippen LogP contribution in [0.1, 0.15) is 11.1 Å². The van der Waals surface area contributed by atoms with Gasteiger partial charge in [-0.2, -0.15) is 5.10 Å². The molecule has 0 amide bonds. The van der Waals surface area contributed by atoms with Crippen molar-refractivity contribution in [3.8, 4) is 0 Å². The normalized spacial score (nSPS) is 10.5. The van der Waals surface area contributed by atoms with E-state index >= 15 is 0 Å². The van der Waals surface area contributed by atoms with E-state index in [0.29, 0.717) is 6.54 Å². The summed E-state index contributed by atoms with van der Waals surface area (Å²) in [5.41, 5.74) is 3.49. The Morgan fingerprint density at radius 1 is 1.35 bits per heavy atom. The second-order valence-electron chi connectivity index (χ2n) is 4.00. The SMILES string of the molecule is Cc1ccccc1NCc1cnn(CCO)c1. The molecule has 0 unspecified atom stereocenters. The van der Waals surface area contributed by atoms with Gasteiger partial charge in [0.1, 0.15) is 0 Å². The summed E-state index contributed by atoms with van der Waals surface area (Å²) in [5, 5.41) is 16.3. The van der Waals surface area contributed by atoms with Crippen LogP contribution in [0.3, 0.4) is 0 Å². The number of nitrogens with one attached hydrogen (secondary N) is 1. The first-order valence-electron chi connectivity index (χ1n) is 5.71. The highest BCUT2D eigenvalue weighted by molar-refractivity contribution is 5.50. The number of aryl methyl sites for hydroxylation is 1. The summed E-state index contributed by atoms with van der Waals surface area (Å²) in [5.74, 6) is 0. The molecule has 1 heterocycles. The lowest BCUT2D eigenvalue weighted by Gasteiger charge is -2.07. The Morgan fingerprint density at radius 3 is 2.94 bits per heavy atom. The summed E-state index contributed by atoms with van der Waals surface area (Å²) in [4.78, 5) is 0. The predicted molar refractivity (Wildman–Crippen MR) is 67.8 cm³/mol. The number of nitrogens with zero attached hydrogens (tertiary/aromatic N) is 2. The van der Waals surface area contributed by atoms with Gasteiger partial charge in [0.15, 0.2) is 0 Å². The van der Waals surface area contributed by atoms with Crippen LogP contribution in [0.15, 0.2) is 36.7 Å². The van der Waals surface area contributed by atoms with E-state index in [1.54, 1.807) is 4.68 Å². The Kier molecular flexibility index (Phi) is 3.77. The topological polar surface area (TPSA) is 50.1 Å². The van der Waals surface area contributed by atoms with Crippen LogP contribution in [-0.2, 0) is 13.1 Å². The smallest absolute Gasteiger partial charge is 0.0640 e. The zero-order valence-electron chi connectivity index (χ0n) is 9.93. The molecule has 2 rings (SSSR count). The monoisotopic (exact) mass is 231 g/mol. The maximum Gasteiger partial charge on any atom is 0.0640 e. The Bertz CT molecular complexity index is 479. The number of hydrogen-bond donors (Lipinski definition) is 2. The molecular formula is C13H17N3O. The lowest BCUT2D eigenvalue weighted by atomic mass is 10.2. The van der Waals surface area contributed by atoms with Crippen LogP contribution in [0.25, 0.3) is 0 Å². The summed E-state index contributed by atoms with van der Waals surface area (Å²) < 4.78 is 1.74. The van der Waals surface area contributed by atoms with Gasteiger partial charge in [0.2, 0.25) is 0 Å². The molecule has 0 aliphatic rings. The van der Waals surface area contributed by atoms with Crippen molar-refractivity contribution in [3.05, 3.63) is 47.8 Å². The highest BCUT2D eigenvalue weighted by atomic mass is 16.3. The molecule has 0 saturated carbocycles. The van der Waals surface area contributed by atoms with Crippen molar-refractivity contribution < 1.29 is 5.11 Å². The lowest BCUT2D eigenvalue weighted by Crippen LogP contribution is -2.02. The van der Waals surface area contributed by atoms with Crippen LogP contribution in [0, 0.1) is 6.92 Å². The van der Waals surface area contributed by atoms with Gasteiger partial charge >= 0.3 is 0 Å². The first-order chi connectivity index (χ1) is 8.29. The molecule has 2 N–H and O–H groups in total. The van der Waals surface area contributed by atoms with Crippen molar-refractivity contribution in [2.45, 2.75) is 20.0 Å². The van der Waals surface area contributed by atoms with E-state index in [4.69, 9.17) is 5.11 Å². The van der Waals surface area contributed by atoms with Crippen LogP contribution >= 0.6 is 0 Å². The molecule has 0 aliphatic carbocycles. The molecule has 0 atom stereocenters. The summed E-state index contributed by atoms with van der Waals surface area (Å²) >= 11 is 0. The van der Waals surface area contributed by atoms with Crippen LogP contribution in [0.4, 0.5) is 5.69 Å². The molecule has 0 fully saturated rings. The Morgan fingerprint density at radius 2 is 2.18 bits per heavy atom. The van der Waals surface area contributed by atoms with E-state index in [0.717, 1.165) is 17.8 Å². The second kappa shape index (κ2) is 5.50. The van der Waals surface area contributed by atoms with E-state index < -0.39 is 0 Å². The average Bonchev–Trinajstić information content (AvgIpc) is 2.76. The minimum atomic E-state index is 0.117. The maximum absolute atomic E-state index is 8.80. The van der Waals surface area contributed by atoms with Gasteiger partial charge in [-0.15, -0.1) is 0 Å². The molecule has 0 spiro atoms. The first-order valence-corrected chi connectivity index (χ1v) is 5.71. The van der Waals surface area contributed by atoms with Gasteiger partial charge in [0, 0.05) is 24.0 Å². The predicted octanol–water partition coefficient (Wildman–Crippen LogP) is 1.80. The molecular weight excluding hydrogens is 214 g/mol. The Hall–Kier alpha value is -1.81. The molecule has 4 nitrogen and oxygen atoms in total. The highest BCUT2D eigenvalue weighted by Crippen LogP contribution is 2.14. The van der Waals surface area contributed by atoms with Crippen LogP contribution in [-0.4, -0.2) is 21.5 Å². The minimum Gasteiger partial charge on any atom is -0.394 e. The third-order valence-corrected chi connectivity index (χ3v) is 2.64. The van der Waals surface area contributed by atoms with Crippen LogP contribution < -0.4 is 5.32 Å². The molecule has 1 aromatic heterocycles. The van der Waals surface area contributed by atoms with Crippen molar-refractivity contribution in [1.29, 1.82) is 0 Å². The number of benzene rings is 1. The van der Waals surface area contributed by atoms with Gasteiger partial charge < -0.3 is 10.4 Å². The van der Waals surface area contributed by atoms with Gasteiger partial charge in [-0.05, 0) is 18.6 Å². The van der Waals surface area contributed by atoms with Gasteiger partial charge in [-0.25, -0.2) is 0 Å². The van der Waals surface area contributed by atoms with E-state index in [9.17, 15) is 0 Å². The number of hydrogen-bond acceptors (Lipinski definition) is 3. The molecule has 4 heteroatoms. The summed E-state index contributed by atoms with van der Waals surface area (Å²) in [6.45, 7) is 3.49. The van der Waals surface area contributed by atoms with Crippen molar-refractivity contribution in [3.63, 3.8) is 0 Å². The molecule has 0 aliphatic heterocycles. The molecule has 17 heavy (non-hydrogen) atoms. The fourth-order valence-electron chi connectivity index (χ4n) is 1.69. The quantitative estimate of drug-likeness (QED) is 0.825. The second-order valence-corrected chi connectivity index (χ2v) is 4.00. The molecule has 0 bridgehead atoms. The molecule has 0 saturated heterocycles. The Labute approximate surface area is 101 Å². The van der Waals surface area contributed by atoms with Crippen molar-refractivity contribution >= 4 is 5.69 Å². The highest BCUT2D eigenvalue weighted by Gasteiger charge is 1.99. The van der Waals surface area contributed by atoms with Crippen LogP contribution in [0.5, 0.6) is 0 Å². The van der Waals surface area contributed by atoms with Gasteiger partial charge in [0.25, 0.3) is 0 Å². The summed E-state index contributed by atoms with van der Waals surface area (Å²) in [7, 11) is 0. The number of anilines is 1. The first kappa shape index (κ1) is 11.7. The zero-order chi connectivity index (χ0) is 12.1. The summed E-state index contributed by atoms with van der Waals surface area (Å²) in [6.07, 6.45) is 3.77. The number of rotatable bonds is 5. The van der Waals surface area contributed by atoms with Crippen molar-refractivity contribution in [2.75, 3.05) is 11.9 Å². The van der Waals surface area contributed by atoms with Gasteiger partial charge in [0.05, 0.1) is 19.3 Å². The van der Waals surface area contributed by atoms with Gasteiger partial charge in [-0.3, -0.25) is 4.68 Å². The van der Waals surface area contributed by atoms with E-state index in [1.807, 2.05) is 24.5 Å². The molecule has 1 aromatic carbocycles. The van der Waals surface area contributed by atoms with E-state index in [2.05, 4.69) is 29.5 Å². The van der Waals surface area contributed by atoms with E-state index in [-0.39, 0.29) is 6.61 Å². The lowest BCUT2D eigenvalue weighted by molar-refractivity contribution is 0.269. The fourth-order valence-corrected chi connectivity index (χ4v) is 1.69. The fraction of sp³-hybridized carbons (Fsp3) is 0.308. The van der Waals surface area contributed by atoms with Crippen molar-refractivity contribution in [1.82, 2.24) is 9.78 Å². The molecule has 0 radical (unpaired) electrons. The minimum absolute atomic E-state index is 0.117. The molecule has 90 valence electrons. The Balaban J connectivity index is 1.95. The number of para-hydroxylation sites is 1. The number of aliphatic hydroxyl groups excluding tert-OH is 1. The molecule has 2 aromatic rings. The number of aromatic nitrogens is 2. The van der Waals surface area contributed by atoms with Crippen molar-refractivity contribution in [2.24, 2.45) is 0 Å². The standard InChI is InChI=1S/C13H17N3O/c1-11-4-2-3-5-13(11)14-8-12-9-15-16(10-12)6-7-17/h2-5,9-10,14,17H,6-8H2,1H3. The van der Waals surface area contributed by atoms with Gasteiger partial charge in [-0.1, -0.05) is 18.2 Å².